The van der Waals surface area contributed by atoms with Gasteiger partial charge < -0.3 is 29.8 Å². The Morgan fingerprint density at radius 2 is 1.36 bits per heavy atom. The van der Waals surface area contributed by atoms with Crippen molar-refractivity contribution in [3.8, 4) is 0 Å². The van der Waals surface area contributed by atoms with E-state index in [2.05, 4.69) is 33.8 Å². The van der Waals surface area contributed by atoms with Crippen LogP contribution < -0.4 is 20.2 Å². The molecule has 0 amide bonds. The van der Waals surface area contributed by atoms with Gasteiger partial charge in [0.25, 0.3) is 0 Å². The van der Waals surface area contributed by atoms with Crippen molar-refractivity contribution in [2.45, 2.75) is 85.5 Å². The second kappa shape index (κ2) is 11.5. The van der Waals surface area contributed by atoms with Crippen molar-refractivity contribution in [3.63, 3.8) is 0 Å². The van der Waals surface area contributed by atoms with Gasteiger partial charge in [0.15, 0.2) is 0 Å². The van der Waals surface area contributed by atoms with Gasteiger partial charge in [0, 0.05) is 34.7 Å². The van der Waals surface area contributed by atoms with E-state index in [0.717, 1.165) is 61.5 Å². The minimum Gasteiger partial charge on any atom is -0.657 e. The topological polar surface area (TPSA) is 134 Å². The molecule has 8 nitrogen and oxygen atoms in total. The fourth-order valence-corrected chi connectivity index (χ4v) is 5.70. The van der Waals surface area contributed by atoms with Gasteiger partial charge in [-0.1, -0.05) is 61.2 Å². The predicted molar refractivity (Wildman–Crippen MR) is 155 cm³/mol. The second-order valence-corrected chi connectivity index (χ2v) is 11.8. The van der Waals surface area contributed by atoms with Crippen LogP contribution in [-0.2, 0) is 38.5 Å². The summed E-state index contributed by atoms with van der Waals surface area (Å²) in [6.07, 6.45) is 0.218. The van der Waals surface area contributed by atoms with E-state index in [0.29, 0.717) is 16.7 Å². The van der Waals surface area contributed by atoms with E-state index in [-0.39, 0.29) is 54.1 Å². The number of aryl methyl sites for hydroxylation is 4. The zero-order chi connectivity index (χ0) is 29.8. The Hall–Kier alpha value is -3.68. The number of aliphatic carboxylic acids is 2. The van der Waals surface area contributed by atoms with Crippen molar-refractivity contribution >= 4 is 45.2 Å². The molecule has 1 unspecified atom stereocenters. The smallest absolute Gasteiger partial charge is 0.657 e. The third-order valence-electron chi connectivity index (χ3n) is 9.04. The monoisotopic (exact) mass is 606 g/mol. The molecule has 5 heterocycles. The Kier molecular flexibility index (Phi) is 8.59. The minimum atomic E-state index is -1.14. The van der Waals surface area contributed by atoms with Crippen LogP contribution in [0.4, 0.5) is 0 Å². The van der Waals surface area contributed by atoms with E-state index in [1.54, 1.807) is 0 Å². The molecule has 5 rings (SSSR count). The van der Waals surface area contributed by atoms with Gasteiger partial charge in [0.05, 0.1) is 11.4 Å². The summed E-state index contributed by atoms with van der Waals surface area (Å²) in [5.74, 6) is -2.13. The van der Waals surface area contributed by atoms with E-state index in [1.165, 1.54) is 0 Å². The van der Waals surface area contributed by atoms with Crippen LogP contribution in [0.1, 0.15) is 97.9 Å². The molecule has 220 valence electrons. The first-order chi connectivity index (χ1) is 19.3. The van der Waals surface area contributed by atoms with E-state index < -0.39 is 11.9 Å². The van der Waals surface area contributed by atoms with Crippen molar-refractivity contribution in [2.75, 3.05) is 0 Å². The van der Waals surface area contributed by atoms with Crippen LogP contribution in [0.25, 0.3) is 33.2 Å². The first-order valence-electron chi connectivity index (χ1n) is 14.0. The number of aromatic nitrogens is 4. The third-order valence-corrected chi connectivity index (χ3v) is 9.04. The molecule has 0 radical (unpaired) electrons. The maximum absolute atomic E-state index is 11.4. The fraction of sp³-hybridized carbons (Fsp3) is 0.394. The number of fused-ring (bicyclic) bond motifs is 8. The number of hydrogen-bond donors (Lipinski definition) is 0. The normalized spacial score (nSPS) is 15.9. The van der Waals surface area contributed by atoms with Crippen molar-refractivity contribution in [1.82, 2.24) is 19.9 Å². The molecule has 0 aromatic carbocycles. The Morgan fingerprint density at radius 1 is 0.786 bits per heavy atom. The van der Waals surface area contributed by atoms with Crippen molar-refractivity contribution in [1.29, 1.82) is 0 Å². The first kappa shape index (κ1) is 31.3. The van der Waals surface area contributed by atoms with Gasteiger partial charge in [0.1, 0.15) is 0 Å². The van der Waals surface area contributed by atoms with Crippen LogP contribution >= 0.6 is 0 Å². The fourth-order valence-electron chi connectivity index (χ4n) is 5.70. The van der Waals surface area contributed by atoms with Crippen LogP contribution in [0.2, 0.25) is 0 Å². The standard InChI is InChI=1S/C33H38N4O4.Fe/c1-16-17(2)24-13-27-20(5)33(6,7)30(37-27)15-26-19(4)22(9-11-32(40)41)29(36-26)14-28-21(8-10-31(38)39)18(3)25(35-28)12-23(16)34-24;/h12-15,20H,8-11H2,1-7H3,(H4,34,35,36,37,38,39,40,41);/q;+2/p-4. The maximum Gasteiger partial charge on any atom is 2.00 e. The Balaban J connectivity index is 0.00000405. The van der Waals surface area contributed by atoms with Gasteiger partial charge in [-0.25, -0.2) is 4.98 Å². The molecule has 0 saturated carbocycles. The SMILES string of the molecule is CC1=C(CCC(=O)[O-])c2cc3[n-]c(cc4[n-]c(cc5nc(cc1n2)C(C)(C)C5C)c(C)c4C)c(C)c3CCC(=O)[O-].[Fe+2]. The second-order valence-electron chi connectivity index (χ2n) is 11.8. The van der Waals surface area contributed by atoms with E-state index in [9.17, 15) is 19.8 Å². The van der Waals surface area contributed by atoms with Crippen molar-refractivity contribution in [3.05, 3.63) is 69.3 Å². The Morgan fingerprint density at radius 3 is 2.00 bits per heavy atom. The number of carboxylic acid groups (broad SMARTS) is 2. The van der Waals surface area contributed by atoms with Crippen LogP contribution in [0.15, 0.2) is 24.3 Å². The number of carbonyl (C=O) groups excluding carboxylic acids is 2. The molecule has 2 aliphatic heterocycles. The van der Waals surface area contributed by atoms with Gasteiger partial charge in [-0.3, -0.25) is 4.98 Å². The predicted octanol–water partition coefficient (Wildman–Crippen LogP) is 3.72. The van der Waals surface area contributed by atoms with E-state index in [1.807, 2.05) is 39.0 Å². The molecule has 8 bridgehead atoms. The molecule has 3 aromatic heterocycles. The number of allylic oxidation sites excluding steroid dienone is 2. The van der Waals surface area contributed by atoms with E-state index in [4.69, 9.17) is 19.9 Å². The van der Waals surface area contributed by atoms with Gasteiger partial charge in [-0.05, 0) is 70.6 Å². The summed E-state index contributed by atoms with van der Waals surface area (Å²) in [5.41, 5.74) is 11.4. The summed E-state index contributed by atoms with van der Waals surface area (Å²) >= 11 is 0. The first-order valence-corrected chi connectivity index (χ1v) is 14.0. The van der Waals surface area contributed by atoms with Gasteiger partial charge in [0.2, 0.25) is 0 Å². The molecule has 3 aromatic rings. The van der Waals surface area contributed by atoms with Crippen LogP contribution in [0.3, 0.4) is 0 Å². The number of carboxylic acids is 2. The molecule has 42 heavy (non-hydrogen) atoms. The van der Waals surface area contributed by atoms with Gasteiger partial charge >= 0.3 is 17.1 Å². The molecular formula is C33H34FeN4O4-2. The average molecular weight is 607 g/mol. The van der Waals surface area contributed by atoms with Gasteiger partial charge in [-0.15, -0.1) is 22.1 Å². The van der Waals surface area contributed by atoms with Crippen molar-refractivity contribution < 1.29 is 36.9 Å². The van der Waals surface area contributed by atoms with Crippen LogP contribution in [0, 0.1) is 20.8 Å². The average Bonchev–Trinajstić information content (AvgIpc) is 3.51. The molecule has 1 atom stereocenters. The summed E-state index contributed by atoms with van der Waals surface area (Å²) in [5, 5.41) is 22.8. The summed E-state index contributed by atoms with van der Waals surface area (Å²) in [7, 11) is 0. The Labute approximate surface area is 256 Å². The summed E-state index contributed by atoms with van der Waals surface area (Å²) < 4.78 is 0. The van der Waals surface area contributed by atoms with E-state index >= 15 is 0 Å². The zero-order valence-electron chi connectivity index (χ0n) is 25.0. The molecule has 9 heteroatoms. The number of carbonyl (C=O) groups is 2. The number of rotatable bonds is 6. The number of hydrogen-bond acceptors (Lipinski definition) is 6. The molecule has 0 saturated heterocycles. The Bertz CT molecular complexity index is 1790. The van der Waals surface area contributed by atoms with Gasteiger partial charge in [-0.2, -0.15) is 0 Å². The zero-order valence-corrected chi connectivity index (χ0v) is 26.1. The summed E-state index contributed by atoms with van der Waals surface area (Å²) in [6, 6.07) is 7.85. The number of nitrogens with zero attached hydrogens (tertiary/aromatic N) is 4. The molecule has 0 N–H and O–H groups in total. The van der Waals surface area contributed by atoms with Crippen LogP contribution in [0.5, 0.6) is 0 Å². The molecule has 0 aliphatic carbocycles. The maximum atomic E-state index is 11.4. The largest absolute Gasteiger partial charge is 2.00 e. The minimum absolute atomic E-state index is 0. The quantitative estimate of drug-likeness (QED) is 0.388. The summed E-state index contributed by atoms with van der Waals surface area (Å²) in [4.78, 5) is 42.7. The van der Waals surface area contributed by atoms with Crippen molar-refractivity contribution in [2.24, 2.45) is 0 Å². The molecule has 2 aliphatic rings. The molecule has 0 spiro atoms. The molecule has 0 fully saturated rings. The third kappa shape index (κ3) is 5.55. The molecular weight excluding hydrogens is 572 g/mol. The van der Waals surface area contributed by atoms with Crippen LogP contribution in [-0.4, -0.2) is 21.9 Å². The summed E-state index contributed by atoms with van der Waals surface area (Å²) in [6.45, 7) is 14.5.